The summed E-state index contributed by atoms with van der Waals surface area (Å²) < 4.78 is 7.93. The average Bonchev–Trinajstić information content (AvgIpc) is 3.30. The topological polar surface area (TPSA) is 56.2 Å². The monoisotopic (exact) mass is 397 g/mol. The van der Waals surface area contributed by atoms with Gasteiger partial charge in [-0.25, -0.2) is 0 Å². The zero-order chi connectivity index (χ0) is 20.3. The van der Waals surface area contributed by atoms with E-state index in [1.807, 2.05) is 36.0 Å². The molecule has 3 aromatic rings. The van der Waals surface area contributed by atoms with E-state index in [0.717, 1.165) is 34.7 Å². The Bertz CT molecular complexity index is 951. The van der Waals surface area contributed by atoms with Gasteiger partial charge in [0.05, 0.1) is 16.6 Å². The standard InChI is InChI=1S/C22H27N3O2S/c1-6-25-19(7-8-23-25)17(5)24-22(26)20-11-18(13-28-20)12-27-21-15(3)9-14(2)10-16(21)4/h7-11,13,17H,6,12H2,1-5H3,(H,24,26). The van der Waals surface area contributed by atoms with Crippen LogP contribution in [-0.2, 0) is 13.2 Å². The number of aromatic nitrogens is 2. The van der Waals surface area contributed by atoms with Crippen LogP contribution in [0, 0.1) is 20.8 Å². The maximum absolute atomic E-state index is 12.6. The maximum Gasteiger partial charge on any atom is 0.261 e. The zero-order valence-corrected chi connectivity index (χ0v) is 17.9. The van der Waals surface area contributed by atoms with Crippen molar-refractivity contribution in [1.29, 1.82) is 0 Å². The van der Waals surface area contributed by atoms with E-state index in [1.54, 1.807) is 6.20 Å². The predicted octanol–water partition coefficient (Wildman–Crippen LogP) is 4.96. The predicted molar refractivity (Wildman–Crippen MR) is 113 cm³/mol. The summed E-state index contributed by atoms with van der Waals surface area (Å²) >= 11 is 1.44. The van der Waals surface area contributed by atoms with Crippen LogP contribution in [-0.4, -0.2) is 15.7 Å². The first-order valence-corrected chi connectivity index (χ1v) is 10.4. The van der Waals surface area contributed by atoms with E-state index in [4.69, 9.17) is 4.74 Å². The molecule has 28 heavy (non-hydrogen) atoms. The number of aryl methyl sites for hydroxylation is 4. The molecule has 0 aliphatic rings. The molecule has 1 N–H and O–H groups in total. The lowest BCUT2D eigenvalue weighted by atomic mass is 10.1. The van der Waals surface area contributed by atoms with Crippen molar-refractivity contribution in [2.75, 3.05) is 0 Å². The third-order valence-electron chi connectivity index (χ3n) is 4.71. The van der Waals surface area contributed by atoms with Gasteiger partial charge in [0.25, 0.3) is 5.91 Å². The van der Waals surface area contributed by atoms with Crippen LogP contribution in [0.2, 0.25) is 0 Å². The number of nitrogens with one attached hydrogen (secondary N) is 1. The molecule has 1 unspecified atom stereocenters. The summed E-state index contributed by atoms with van der Waals surface area (Å²) in [7, 11) is 0. The minimum atomic E-state index is -0.102. The molecule has 2 heterocycles. The van der Waals surface area contributed by atoms with Gasteiger partial charge in [-0.3, -0.25) is 9.48 Å². The molecule has 1 amide bonds. The van der Waals surface area contributed by atoms with Crippen LogP contribution in [0.15, 0.2) is 35.8 Å². The second kappa shape index (κ2) is 8.61. The minimum absolute atomic E-state index is 0.0738. The Morgan fingerprint density at radius 2 is 1.96 bits per heavy atom. The Balaban J connectivity index is 1.63. The highest BCUT2D eigenvalue weighted by atomic mass is 32.1. The summed E-state index contributed by atoms with van der Waals surface area (Å²) in [6, 6.07) is 7.99. The molecule has 0 aliphatic carbocycles. The van der Waals surface area contributed by atoms with E-state index >= 15 is 0 Å². The summed E-state index contributed by atoms with van der Waals surface area (Å²) in [5, 5.41) is 9.30. The summed E-state index contributed by atoms with van der Waals surface area (Å²) in [6.45, 7) is 11.4. The SMILES string of the molecule is CCn1nccc1C(C)NC(=O)c1cc(COc2c(C)cc(C)cc2C)cs1. The smallest absolute Gasteiger partial charge is 0.261 e. The quantitative estimate of drug-likeness (QED) is 0.613. The van der Waals surface area contributed by atoms with Crippen molar-refractivity contribution in [1.82, 2.24) is 15.1 Å². The van der Waals surface area contributed by atoms with Crippen LogP contribution in [0.25, 0.3) is 0 Å². The number of amides is 1. The van der Waals surface area contributed by atoms with Gasteiger partial charge in [0.15, 0.2) is 0 Å². The summed E-state index contributed by atoms with van der Waals surface area (Å²) in [6.07, 6.45) is 1.76. The summed E-state index contributed by atoms with van der Waals surface area (Å²) in [5.41, 5.74) is 5.50. The zero-order valence-electron chi connectivity index (χ0n) is 17.1. The van der Waals surface area contributed by atoms with Gasteiger partial charge in [-0.05, 0) is 63.3 Å². The lowest BCUT2D eigenvalue weighted by Crippen LogP contribution is -2.27. The van der Waals surface area contributed by atoms with Crippen LogP contribution in [0.3, 0.4) is 0 Å². The molecule has 5 nitrogen and oxygen atoms in total. The number of thiophene rings is 1. The summed E-state index contributed by atoms with van der Waals surface area (Å²) in [5.74, 6) is 0.847. The Hall–Kier alpha value is -2.60. The van der Waals surface area contributed by atoms with Gasteiger partial charge in [0.2, 0.25) is 0 Å². The van der Waals surface area contributed by atoms with E-state index in [0.29, 0.717) is 11.5 Å². The van der Waals surface area contributed by atoms with Gasteiger partial charge >= 0.3 is 0 Å². The van der Waals surface area contributed by atoms with Crippen molar-refractivity contribution in [2.24, 2.45) is 0 Å². The van der Waals surface area contributed by atoms with Crippen molar-refractivity contribution >= 4 is 17.2 Å². The lowest BCUT2D eigenvalue weighted by Gasteiger charge is -2.14. The van der Waals surface area contributed by atoms with E-state index < -0.39 is 0 Å². The van der Waals surface area contributed by atoms with Crippen LogP contribution in [0.4, 0.5) is 0 Å². The molecule has 2 aromatic heterocycles. The number of carbonyl (C=O) groups is 1. The molecule has 148 valence electrons. The van der Waals surface area contributed by atoms with Crippen molar-refractivity contribution in [2.45, 2.75) is 53.8 Å². The van der Waals surface area contributed by atoms with E-state index in [2.05, 4.69) is 43.3 Å². The van der Waals surface area contributed by atoms with Gasteiger partial charge < -0.3 is 10.1 Å². The maximum atomic E-state index is 12.6. The molecule has 0 aliphatic heterocycles. The Labute approximate surface area is 170 Å². The highest BCUT2D eigenvalue weighted by molar-refractivity contribution is 7.12. The molecular formula is C22H27N3O2S. The minimum Gasteiger partial charge on any atom is -0.488 e. The molecule has 6 heteroatoms. The molecule has 0 saturated heterocycles. The Morgan fingerprint density at radius 1 is 1.25 bits per heavy atom. The van der Waals surface area contributed by atoms with Gasteiger partial charge in [-0.1, -0.05) is 17.7 Å². The fourth-order valence-electron chi connectivity index (χ4n) is 3.44. The van der Waals surface area contributed by atoms with Gasteiger partial charge in [0, 0.05) is 18.3 Å². The van der Waals surface area contributed by atoms with Crippen molar-refractivity contribution in [3.63, 3.8) is 0 Å². The summed E-state index contributed by atoms with van der Waals surface area (Å²) in [4.78, 5) is 13.3. The number of rotatable bonds is 7. The highest BCUT2D eigenvalue weighted by Crippen LogP contribution is 2.26. The molecule has 0 saturated carbocycles. The lowest BCUT2D eigenvalue weighted by molar-refractivity contribution is 0.0942. The Morgan fingerprint density at radius 3 is 2.64 bits per heavy atom. The van der Waals surface area contributed by atoms with Crippen molar-refractivity contribution in [3.8, 4) is 5.75 Å². The number of carbonyl (C=O) groups excluding carboxylic acids is 1. The Kier molecular flexibility index (Phi) is 6.19. The number of benzene rings is 1. The molecule has 1 atom stereocenters. The van der Waals surface area contributed by atoms with E-state index in [9.17, 15) is 4.79 Å². The van der Waals surface area contributed by atoms with E-state index in [1.165, 1.54) is 16.9 Å². The molecule has 0 radical (unpaired) electrons. The van der Waals surface area contributed by atoms with E-state index in [-0.39, 0.29) is 11.9 Å². The number of hydrogen-bond acceptors (Lipinski definition) is 4. The van der Waals surface area contributed by atoms with Crippen molar-refractivity contribution < 1.29 is 9.53 Å². The molecule has 0 bridgehead atoms. The third kappa shape index (κ3) is 4.44. The largest absolute Gasteiger partial charge is 0.488 e. The molecule has 1 aromatic carbocycles. The average molecular weight is 398 g/mol. The molecule has 0 fully saturated rings. The first kappa shape index (κ1) is 20.1. The van der Waals surface area contributed by atoms with Crippen LogP contribution in [0.5, 0.6) is 5.75 Å². The van der Waals surface area contributed by atoms with Crippen LogP contribution >= 0.6 is 11.3 Å². The van der Waals surface area contributed by atoms with Crippen molar-refractivity contribution in [3.05, 3.63) is 68.7 Å². The molecular weight excluding hydrogens is 370 g/mol. The van der Waals surface area contributed by atoms with Gasteiger partial charge in [-0.2, -0.15) is 5.10 Å². The van der Waals surface area contributed by atoms with Gasteiger partial charge in [-0.15, -0.1) is 11.3 Å². The first-order valence-electron chi connectivity index (χ1n) is 9.49. The number of hydrogen-bond donors (Lipinski definition) is 1. The molecule has 3 rings (SSSR count). The van der Waals surface area contributed by atoms with Crippen LogP contribution < -0.4 is 10.1 Å². The fraction of sp³-hybridized carbons (Fsp3) is 0.364. The molecule has 0 spiro atoms. The van der Waals surface area contributed by atoms with Gasteiger partial charge in [0.1, 0.15) is 12.4 Å². The second-order valence-electron chi connectivity index (χ2n) is 7.10. The first-order chi connectivity index (χ1) is 13.4. The number of ether oxygens (including phenoxy) is 1. The second-order valence-corrected chi connectivity index (χ2v) is 8.01. The highest BCUT2D eigenvalue weighted by Gasteiger charge is 2.16. The van der Waals surface area contributed by atoms with Crippen LogP contribution in [0.1, 0.15) is 57.5 Å². The number of nitrogens with zero attached hydrogens (tertiary/aromatic N) is 2. The third-order valence-corrected chi connectivity index (χ3v) is 5.68. The fourth-order valence-corrected chi connectivity index (χ4v) is 4.24. The normalized spacial score (nSPS) is 12.0.